The van der Waals surface area contributed by atoms with Crippen LogP contribution >= 0.6 is 0 Å². The van der Waals surface area contributed by atoms with Crippen molar-refractivity contribution < 1.29 is 9.53 Å². The molecule has 1 amide bonds. The van der Waals surface area contributed by atoms with Gasteiger partial charge in [-0.25, -0.2) is 4.98 Å². The summed E-state index contributed by atoms with van der Waals surface area (Å²) < 4.78 is 5.35. The number of methoxy groups -OCH3 is 1. The second kappa shape index (κ2) is 6.59. The summed E-state index contributed by atoms with van der Waals surface area (Å²) in [5.41, 5.74) is 8.96. The molecule has 0 unspecified atom stereocenters. The van der Waals surface area contributed by atoms with Gasteiger partial charge in [0.15, 0.2) is 5.69 Å². The van der Waals surface area contributed by atoms with Gasteiger partial charge in [0.1, 0.15) is 5.52 Å². The SMILES string of the molecule is COc1ncccc1-c1cccc2c(N)c(C(=O)NC3CCC3)nnc12. The number of pyridine rings is 1. The number of nitrogens with one attached hydrogen (secondary N) is 1. The second-order valence-corrected chi connectivity index (χ2v) is 6.33. The Labute approximate surface area is 150 Å². The highest BCUT2D eigenvalue weighted by Gasteiger charge is 2.23. The molecule has 132 valence electrons. The Morgan fingerprint density at radius 1 is 1.19 bits per heavy atom. The monoisotopic (exact) mass is 349 g/mol. The van der Waals surface area contributed by atoms with E-state index < -0.39 is 0 Å². The number of ether oxygens (including phenoxy) is 1. The largest absolute Gasteiger partial charge is 0.481 e. The first-order valence-corrected chi connectivity index (χ1v) is 8.54. The first-order chi connectivity index (χ1) is 12.7. The first-order valence-electron chi connectivity index (χ1n) is 8.54. The Balaban J connectivity index is 1.80. The van der Waals surface area contributed by atoms with Crippen molar-refractivity contribution in [2.45, 2.75) is 25.3 Å². The highest BCUT2D eigenvalue weighted by atomic mass is 16.5. The molecule has 1 aromatic carbocycles. The van der Waals surface area contributed by atoms with E-state index in [-0.39, 0.29) is 17.6 Å². The maximum absolute atomic E-state index is 12.4. The normalized spacial score (nSPS) is 14.0. The fraction of sp³-hybridized carbons (Fsp3) is 0.263. The predicted octanol–water partition coefficient (Wildman–Crippen LogP) is 2.56. The third-order valence-corrected chi connectivity index (χ3v) is 4.74. The van der Waals surface area contributed by atoms with Crippen LogP contribution in [0, 0.1) is 0 Å². The number of fused-ring (bicyclic) bond motifs is 1. The smallest absolute Gasteiger partial charge is 0.274 e. The quantitative estimate of drug-likeness (QED) is 0.750. The number of amides is 1. The third kappa shape index (κ3) is 2.71. The van der Waals surface area contributed by atoms with Crippen LogP contribution in [0.2, 0.25) is 0 Å². The average Bonchev–Trinajstić information content (AvgIpc) is 2.64. The number of nitrogen functional groups attached to an aromatic ring is 1. The predicted molar refractivity (Wildman–Crippen MR) is 98.8 cm³/mol. The lowest BCUT2D eigenvalue weighted by Crippen LogP contribution is -2.40. The minimum Gasteiger partial charge on any atom is -0.481 e. The van der Waals surface area contributed by atoms with Crippen molar-refractivity contribution in [3.63, 3.8) is 0 Å². The maximum Gasteiger partial charge on any atom is 0.274 e. The molecule has 0 radical (unpaired) electrons. The van der Waals surface area contributed by atoms with Crippen LogP contribution in [0.1, 0.15) is 29.8 Å². The van der Waals surface area contributed by atoms with Crippen molar-refractivity contribution in [1.82, 2.24) is 20.5 Å². The van der Waals surface area contributed by atoms with E-state index in [1.165, 1.54) is 0 Å². The molecular weight excluding hydrogens is 330 g/mol. The molecule has 1 aliphatic rings. The van der Waals surface area contributed by atoms with Crippen molar-refractivity contribution in [1.29, 1.82) is 0 Å². The molecule has 1 aliphatic carbocycles. The first kappa shape index (κ1) is 16.3. The van der Waals surface area contributed by atoms with Crippen LogP contribution in [0.5, 0.6) is 5.88 Å². The average molecular weight is 349 g/mol. The minimum absolute atomic E-state index is 0.166. The minimum atomic E-state index is -0.272. The van der Waals surface area contributed by atoms with Gasteiger partial charge >= 0.3 is 0 Å². The van der Waals surface area contributed by atoms with Gasteiger partial charge in [-0.1, -0.05) is 18.2 Å². The molecule has 2 heterocycles. The van der Waals surface area contributed by atoms with Crippen LogP contribution in [0.15, 0.2) is 36.5 Å². The van der Waals surface area contributed by atoms with Gasteiger partial charge in [0.05, 0.1) is 12.8 Å². The van der Waals surface area contributed by atoms with E-state index in [1.54, 1.807) is 13.3 Å². The lowest BCUT2D eigenvalue weighted by atomic mass is 9.93. The Kier molecular flexibility index (Phi) is 4.12. The van der Waals surface area contributed by atoms with E-state index in [1.807, 2.05) is 30.3 Å². The van der Waals surface area contributed by atoms with Gasteiger partial charge < -0.3 is 15.8 Å². The number of rotatable bonds is 4. The molecule has 0 spiro atoms. The molecule has 0 aliphatic heterocycles. The standard InChI is InChI=1S/C19H19N5O2/c1-26-19-13(9-4-10-21-19)12-7-3-8-14-15(20)17(24-23-16(12)14)18(25)22-11-5-2-6-11/h3-4,7-11H,2,5-6H2,1H3,(H2,20,23)(H,22,25). The van der Waals surface area contributed by atoms with Crippen LogP contribution in [0.3, 0.4) is 0 Å². The van der Waals surface area contributed by atoms with Crippen LogP contribution < -0.4 is 15.8 Å². The molecule has 1 saturated carbocycles. The van der Waals surface area contributed by atoms with E-state index in [2.05, 4.69) is 20.5 Å². The molecular formula is C19H19N5O2. The van der Waals surface area contributed by atoms with Crippen LogP contribution in [-0.4, -0.2) is 34.2 Å². The topological polar surface area (TPSA) is 103 Å². The second-order valence-electron chi connectivity index (χ2n) is 6.33. The molecule has 1 fully saturated rings. The van der Waals surface area contributed by atoms with Gasteiger partial charge in [-0.15, -0.1) is 10.2 Å². The Morgan fingerprint density at radius 2 is 2.00 bits per heavy atom. The van der Waals surface area contributed by atoms with Crippen molar-refractivity contribution in [2.24, 2.45) is 0 Å². The number of carbonyl (C=O) groups excluding carboxylic acids is 1. The number of anilines is 1. The summed E-state index contributed by atoms with van der Waals surface area (Å²) in [7, 11) is 1.57. The molecule has 4 rings (SSSR count). The molecule has 0 saturated heterocycles. The zero-order valence-corrected chi connectivity index (χ0v) is 14.4. The molecule has 3 N–H and O–H groups in total. The maximum atomic E-state index is 12.4. The summed E-state index contributed by atoms with van der Waals surface area (Å²) >= 11 is 0. The van der Waals surface area contributed by atoms with E-state index in [4.69, 9.17) is 10.5 Å². The number of hydrogen-bond acceptors (Lipinski definition) is 6. The molecule has 0 bridgehead atoms. The van der Waals surface area contributed by atoms with Gasteiger partial charge in [-0.05, 0) is 31.4 Å². The van der Waals surface area contributed by atoms with E-state index >= 15 is 0 Å². The molecule has 26 heavy (non-hydrogen) atoms. The summed E-state index contributed by atoms with van der Waals surface area (Å²) in [6, 6.07) is 9.56. The van der Waals surface area contributed by atoms with Gasteiger partial charge in [0.25, 0.3) is 5.91 Å². The molecule has 3 aromatic rings. The number of benzene rings is 1. The third-order valence-electron chi connectivity index (χ3n) is 4.74. The number of hydrogen-bond donors (Lipinski definition) is 2. The Bertz CT molecular complexity index is 985. The highest BCUT2D eigenvalue weighted by Crippen LogP contribution is 2.34. The summed E-state index contributed by atoms with van der Waals surface area (Å²) in [4.78, 5) is 16.7. The lowest BCUT2D eigenvalue weighted by molar-refractivity contribution is 0.0912. The van der Waals surface area contributed by atoms with Crippen LogP contribution in [0.25, 0.3) is 22.0 Å². The van der Waals surface area contributed by atoms with Gasteiger partial charge in [0.2, 0.25) is 5.88 Å². The molecule has 0 atom stereocenters. The summed E-state index contributed by atoms with van der Waals surface area (Å²) in [5, 5.41) is 12.0. The number of nitrogens with zero attached hydrogens (tertiary/aromatic N) is 3. The summed E-state index contributed by atoms with van der Waals surface area (Å²) in [6.07, 6.45) is 4.80. The molecule has 7 heteroatoms. The van der Waals surface area contributed by atoms with Gasteiger partial charge in [-0.3, -0.25) is 4.79 Å². The van der Waals surface area contributed by atoms with E-state index in [9.17, 15) is 4.79 Å². The van der Waals surface area contributed by atoms with Gasteiger partial charge in [0, 0.05) is 28.8 Å². The number of aromatic nitrogens is 3. The fourth-order valence-electron chi connectivity index (χ4n) is 3.10. The van der Waals surface area contributed by atoms with Crippen molar-refractivity contribution in [3.8, 4) is 17.0 Å². The Morgan fingerprint density at radius 3 is 2.73 bits per heavy atom. The van der Waals surface area contributed by atoms with E-state index in [0.717, 1.165) is 30.4 Å². The van der Waals surface area contributed by atoms with Crippen molar-refractivity contribution in [2.75, 3.05) is 12.8 Å². The summed E-state index contributed by atoms with van der Waals surface area (Å²) in [6.45, 7) is 0. The van der Waals surface area contributed by atoms with Crippen LogP contribution in [-0.2, 0) is 0 Å². The van der Waals surface area contributed by atoms with E-state index in [0.29, 0.717) is 22.5 Å². The lowest BCUT2D eigenvalue weighted by Gasteiger charge is -2.26. The van der Waals surface area contributed by atoms with Crippen LogP contribution in [0.4, 0.5) is 5.69 Å². The Hall–Kier alpha value is -3.22. The molecule has 2 aromatic heterocycles. The number of carbonyl (C=O) groups is 1. The van der Waals surface area contributed by atoms with Gasteiger partial charge in [-0.2, -0.15) is 0 Å². The van der Waals surface area contributed by atoms with Crippen molar-refractivity contribution >= 4 is 22.5 Å². The highest BCUT2D eigenvalue weighted by molar-refractivity contribution is 6.07. The zero-order valence-electron chi connectivity index (χ0n) is 14.4. The van der Waals surface area contributed by atoms with Crippen molar-refractivity contribution in [3.05, 3.63) is 42.2 Å². The summed E-state index contributed by atoms with van der Waals surface area (Å²) in [5.74, 6) is 0.220. The number of nitrogens with two attached hydrogens (primary N) is 1. The molecule has 7 nitrogen and oxygen atoms in total. The zero-order chi connectivity index (χ0) is 18.1. The fourth-order valence-corrected chi connectivity index (χ4v) is 3.10.